The summed E-state index contributed by atoms with van der Waals surface area (Å²) >= 11 is 0. The van der Waals surface area contributed by atoms with E-state index in [9.17, 15) is 9.59 Å². The summed E-state index contributed by atoms with van der Waals surface area (Å²) in [5.41, 5.74) is 1.90. The van der Waals surface area contributed by atoms with E-state index < -0.39 is 5.97 Å². The SMILES string of the molecule is C=C(CCCNC(=O)Nc1ccccc1C)C(=O)O. The smallest absolute Gasteiger partial charge is 0.330 e. The molecule has 19 heavy (non-hydrogen) atoms. The van der Waals surface area contributed by atoms with Crippen molar-refractivity contribution in [3.8, 4) is 0 Å². The van der Waals surface area contributed by atoms with Crippen LogP contribution in [0.1, 0.15) is 18.4 Å². The van der Waals surface area contributed by atoms with Crippen molar-refractivity contribution in [3.05, 3.63) is 42.0 Å². The normalized spacial score (nSPS) is 9.74. The van der Waals surface area contributed by atoms with Crippen LogP contribution in [0.2, 0.25) is 0 Å². The number of aliphatic carboxylic acids is 1. The van der Waals surface area contributed by atoms with Gasteiger partial charge in [0.1, 0.15) is 0 Å². The third kappa shape index (κ3) is 5.25. The Labute approximate surface area is 112 Å². The zero-order chi connectivity index (χ0) is 14.3. The van der Waals surface area contributed by atoms with Gasteiger partial charge in [-0.25, -0.2) is 9.59 Å². The highest BCUT2D eigenvalue weighted by Crippen LogP contribution is 2.12. The van der Waals surface area contributed by atoms with Crippen molar-refractivity contribution in [2.45, 2.75) is 19.8 Å². The van der Waals surface area contributed by atoms with Crippen molar-refractivity contribution in [1.29, 1.82) is 0 Å². The van der Waals surface area contributed by atoms with E-state index >= 15 is 0 Å². The number of urea groups is 1. The van der Waals surface area contributed by atoms with Gasteiger partial charge in [-0.3, -0.25) is 0 Å². The van der Waals surface area contributed by atoms with Crippen molar-refractivity contribution in [2.24, 2.45) is 0 Å². The Kier molecular flexibility index (Phi) is 5.60. The summed E-state index contributed by atoms with van der Waals surface area (Å²) in [6, 6.07) is 7.18. The molecule has 0 fully saturated rings. The number of hydrogen-bond donors (Lipinski definition) is 3. The second-order valence-electron chi connectivity index (χ2n) is 4.21. The van der Waals surface area contributed by atoms with Crippen LogP contribution in [-0.2, 0) is 4.79 Å². The lowest BCUT2D eigenvalue weighted by Crippen LogP contribution is -2.29. The Morgan fingerprint density at radius 1 is 1.32 bits per heavy atom. The third-order valence-corrected chi connectivity index (χ3v) is 2.64. The van der Waals surface area contributed by atoms with Gasteiger partial charge in [0.25, 0.3) is 0 Å². The fraction of sp³-hybridized carbons (Fsp3) is 0.286. The van der Waals surface area contributed by atoms with Crippen LogP contribution in [0.25, 0.3) is 0 Å². The summed E-state index contributed by atoms with van der Waals surface area (Å²) in [7, 11) is 0. The van der Waals surface area contributed by atoms with Crippen molar-refractivity contribution in [1.82, 2.24) is 5.32 Å². The average Bonchev–Trinajstić information content (AvgIpc) is 2.37. The van der Waals surface area contributed by atoms with Gasteiger partial charge in [-0.05, 0) is 31.4 Å². The number of benzene rings is 1. The maximum Gasteiger partial charge on any atom is 0.330 e. The first-order chi connectivity index (χ1) is 9.00. The highest BCUT2D eigenvalue weighted by molar-refractivity contribution is 5.90. The van der Waals surface area contributed by atoms with Crippen LogP contribution in [-0.4, -0.2) is 23.7 Å². The quantitative estimate of drug-likeness (QED) is 0.544. The number of carboxylic acid groups (broad SMARTS) is 1. The van der Waals surface area contributed by atoms with Crippen molar-refractivity contribution in [3.63, 3.8) is 0 Å². The van der Waals surface area contributed by atoms with Crippen LogP contribution in [0.3, 0.4) is 0 Å². The minimum Gasteiger partial charge on any atom is -0.478 e. The van der Waals surface area contributed by atoms with Crippen LogP contribution in [0.4, 0.5) is 10.5 Å². The van der Waals surface area contributed by atoms with Crippen LogP contribution >= 0.6 is 0 Å². The zero-order valence-electron chi connectivity index (χ0n) is 10.9. The highest BCUT2D eigenvalue weighted by Gasteiger charge is 2.05. The molecule has 0 saturated carbocycles. The predicted molar refractivity (Wildman–Crippen MR) is 74.2 cm³/mol. The molecule has 102 valence electrons. The number of carbonyl (C=O) groups is 2. The van der Waals surface area contributed by atoms with Gasteiger partial charge < -0.3 is 15.7 Å². The average molecular weight is 262 g/mol. The largest absolute Gasteiger partial charge is 0.478 e. The van der Waals surface area contributed by atoms with E-state index in [4.69, 9.17) is 5.11 Å². The van der Waals surface area contributed by atoms with E-state index in [0.29, 0.717) is 19.4 Å². The van der Waals surface area contributed by atoms with Crippen LogP contribution in [0.15, 0.2) is 36.4 Å². The molecular weight excluding hydrogens is 244 g/mol. The number of para-hydroxylation sites is 1. The number of anilines is 1. The van der Waals surface area contributed by atoms with E-state index in [2.05, 4.69) is 17.2 Å². The lowest BCUT2D eigenvalue weighted by atomic mass is 10.2. The number of rotatable bonds is 6. The molecule has 0 bridgehead atoms. The van der Waals surface area contributed by atoms with E-state index in [1.807, 2.05) is 31.2 Å². The standard InChI is InChI=1S/C14H18N2O3/c1-10-6-3-4-8-12(10)16-14(19)15-9-5-7-11(2)13(17)18/h3-4,6,8H,2,5,7,9H2,1H3,(H,17,18)(H2,15,16,19). The zero-order valence-corrected chi connectivity index (χ0v) is 10.9. The molecule has 1 aromatic carbocycles. The van der Waals surface area contributed by atoms with Crippen molar-refractivity contribution >= 4 is 17.7 Å². The number of carboxylic acids is 1. The van der Waals surface area contributed by atoms with E-state index in [1.54, 1.807) is 0 Å². The van der Waals surface area contributed by atoms with Gasteiger partial charge in [0.05, 0.1) is 0 Å². The Hall–Kier alpha value is -2.30. The molecule has 1 rings (SSSR count). The molecule has 5 nitrogen and oxygen atoms in total. The lowest BCUT2D eigenvalue weighted by Gasteiger charge is -2.09. The number of amides is 2. The second-order valence-corrected chi connectivity index (χ2v) is 4.21. The van der Waals surface area contributed by atoms with E-state index in [-0.39, 0.29) is 11.6 Å². The van der Waals surface area contributed by atoms with Gasteiger partial charge in [-0.1, -0.05) is 24.8 Å². The van der Waals surface area contributed by atoms with Gasteiger partial charge in [0.15, 0.2) is 0 Å². The molecule has 0 aliphatic carbocycles. The number of nitrogens with one attached hydrogen (secondary N) is 2. The lowest BCUT2D eigenvalue weighted by molar-refractivity contribution is -0.132. The van der Waals surface area contributed by atoms with Crippen LogP contribution < -0.4 is 10.6 Å². The maximum atomic E-state index is 11.6. The van der Waals surface area contributed by atoms with Crippen LogP contribution in [0.5, 0.6) is 0 Å². The molecule has 3 N–H and O–H groups in total. The first kappa shape index (κ1) is 14.8. The Bertz CT molecular complexity index is 483. The number of carbonyl (C=O) groups excluding carboxylic acids is 1. The molecule has 0 radical (unpaired) electrons. The minimum absolute atomic E-state index is 0.154. The molecule has 0 aromatic heterocycles. The molecule has 1 aromatic rings. The number of aryl methyl sites for hydroxylation is 1. The summed E-state index contributed by atoms with van der Waals surface area (Å²) in [5, 5.41) is 14.0. The Morgan fingerprint density at radius 3 is 2.63 bits per heavy atom. The van der Waals surface area contributed by atoms with E-state index in [1.165, 1.54) is 0 Å². The summed E-state index contributed by atoms with van der Waals surface area (Å²) in [6.45, 7) is 5.74. The minimum atomic E-state index is -0.996. The van der Waals surface area contributed by atoms with Gasteiger partial charge in [-0.15, -0.1) is 0 Å². The van der Waals surface area contributed by atoms with Crippen molar-refractivity contribution < 1.29 is 14.7 Å². The Balaban J connectivity index is 2.27. The predicted octanol–water partition coefficient (Wildman–Crippen LogP) is 2.54. The monoisotopic (exact) mass is 262 g/mol. The second kappa shape index (κ2) is 7.20. The van der Waals surface area contributed by atoms with E-state index in [0.717, 1.165) is 11.3 Å². The fourth-order valence-electron chi connectivity index (χ4n) is 1.49. The summed E-state index contributed by atoms with van der Waals surface area (Å²) in [4.78, 5) is 22.1. The molecule has 0 spiro atoms. The molecule has 2 amide bonds. The molecular formula is C14H18N2O3. The third-order valence-electron chi connectivity index (χ3n) is 2.64. The van der Waals surface area contributed by atoms with Gasteiger partial charge in [0, 0.05) is 17.8 Å². The topological polar surface area (TPSA) is 78.4 Å². The molecule has 0 aliphatic rings. The molecule has 5 heteroatoms. The van der Waals surface area contributed by atoms with Gasteiger partial charge in [-0.2, -0.15) is 0 Å². The molecule has 0 unspecified atom stereocenters. The summed E-state index contributed by atoms with van der Waals surface area (Å²) in [6.07, 6.45) is 0.909. The van der Waals surface area contributed by atoms with Gasteiger partial charge >= 0.3 is 12.0 Å². The molecule has 0 aliphatic heterocycles. The first-order valence-electron chi connectivity index (χ1n) is 6.02. The highest BCUT2D eigenvalue weighted by atomic mass is 16.4. The summed E-state index contributed by atoms with van der Waals surface area (Å²) < 4.78 is 0. The summed E-state index contributed by atoms with van der Waals surface area (Å²) in [5.74, 6) is -0.996. The Morgan fingerprint density at radius 2 is 2.00 bits per heavy atom. The van der Waals surface area contributed by atoms with Gasteiger partial charge in [0.2, 0.25) is 0 Å². The molecule has 0 atom stereocenters. The first-order valence-corrected chi connectivity index (χ1v) is 6.02. The number of hydrogen-bond acceptors (Lipinski definition) is 2. The van der Waals surface area contributed by atoms with Crippen LogP contribution in [0, 0.1) is 6.92 Å². The molecule has 0 heterocycles. The van der Waals surface area contributed by atoms with Crippen molar-refractivity contribution in [2.75, 3.05) is 11.9 Å². The fourth-order valence-corrected chi connectivity index (χ4v) is 1.49. The molecule has 0 saturated heterocycles. The maximum absolute atomic E-state index is 11.6.